The van der Waals surface area contributed by atoms with Gasteiger partial charge < -0.3 is 9.84 Å². The first-order valence-corrected chi connectivity index (χ1v) is 5.50. The van der Waals surface area contributed by atoms with Gasteiger partial charge in [-0.2, -0.15) is 5.26 Å². The van der Waals surface area contributed by atoms with Crippen LogP contribution in [0.4, 0.5) is 0 Å². The van der Waals surface area contributed by atoms with Crippen LogP contribution >= 0.6 is 0 Å². The molecule has 1 aromatic carbocycles. The van der Waals surface area contributed by atoms with Crippen LogP contribution in [0.25, 0.3) is 0 Å². The van der Waals surface area contributed by atoms with E-state index in [0.29, 0.717) is 11.4 Å². The average Bonchev–Trinajstić information content (AvgIpc) is 2.45. The van der Waals surface area contributed by atoms with E-state index in [0.717, 1.165) is 5.56 Å². The Morgan fingerprint density at radius 2 is 2.21 bits per heavy atom. The number of nitriles is 1. The summed E-state index contributed by atoms with van der Waals surface area (Å²) in [4.78, 5) is 14.7. The summed E-state index contributed by atoms with van der Waals surface area (Å²) in [7, 11) is 0. The van der Waals surface area contributed by atoms with Gasteiger partial charge in [-0.1, -0.05) is 6.07 Å². The first-order chi connectivity index (χ1) is 9.19. The maximum absolute atomic E-state index is 10.8. The number of hydrogen-bond donors (Lipinski definition) is 1. The molecule has 2 aromatic rings. The minimum atomic E-state index is -0.999. The molecule has 0 unspecified atom stereocenters. The molecule has 94 valence electrons. The third-order valence-electron chi connectivity index (χ3n) is 2.43. The first-order valence-electron chi connectivity index (χ1n) is 5.50. The van der Waals surface area contributed by atoms with Crippen LogP contribution in [0.2, 0.25) is 0 Å². The van der Waals surface area contributed by atoms with Crippen molar-refractivity contribution < 1.29 is 14.6 Å². The summed E-state index contributed by atoms with van der Waals surface area (Å²) < 4.78 is 5.48. The Bertz CT molecular complexity index is 647. The smallest absolute Gasteiger partial charge is 0.335 e. The summed E-state index contributed by atoms with van der Waals surface area (Å²) in [6, 6.07) is 11.6. The molecule has 0 aliphatic carbocycles. The highest BCUT2D eigenvalue weighted by molar-refractivity contribution is 5.87. The van der Waals surface area contributed by atoms with Gasteiger partial charge in [0.1, 0.15) is 24.1 Å². The molecule has 0 spiro atoms. The van der Waals surface area contributed by atoms with Crippen molar-refractivity contribution in [2.45, 2.75) is 6.61 Å². The van der Waals surface area contributed by atoms with Crippen LogP contribution in [-0.2, 0) is 6.61 Å². The number of carbonyl (C=O) groups is 1. The van der Waals surface area contributed by atoms with Gasteiger partial charge in [0.2, 0.25) is 0 Å². The van der Waals surface area contributed by atoms with Crippen molar-refractivity contribution in [3.8, 4) is 11.8 Å². The van der Waals surface area contributed by atoms with E-state index in [4.69, 9.17) is 15.1 Å². The lowest BCUT2D eigenvalue weighted by Crippen LogP contribution is -1.99. The number of pyridine rings is 1. The quantitative estimate of drug-likeness (QED) is 0.904. The van der Waals surface area contributed by atoms with Crippen LogP contribution in [0.1, 0.15) is 21.6 Å². The summed E-state index contributed by atoms with van der Waals surface area (Å²) in [6.45, 7) is 0.250. The zero-order valence-corrected chi connectivity index (χ0v) is 9.91. The predicted molar refractivity (Wildman–Crippen MR) is 66.7 cm³/mol. The molecule has 0 saturated heterocycles. The zero-order chi connectivity index (χ0) is 13.7. The summed E-state index contributed by atoms with van der Waals surface area (Å²) >= 11 is 0. The molecule has 0 amide bonds. The highest BCUT2D eigenvalue weighted by Gasteiger charge is 2.04. The van der Waals surface area contributed by atoms with Gasteiger partial charge in [-0.3, -0.25) is 0 Å². The Kier molecular flexibility index (Phi) is 3.74. The third-order valence-corrected chi connectivity index (χ3v) is 2.43. The van der Waals surface area contributed by atoms with Gasteiger partial charge in [0.15, 0.2) is 0 Å². The van der Waals surface area contributed by atoms with Gasteiger partial charge in [0.05, 0.1) is 5.56 Å². The van der Waals surface area contributed by atoms with Gasteiger partial charge in [0, 0.05) is 6.20 Å². The maximum atomic E-state index is 10.8. The molecule has 1 N–H and O–H groups in total. The molecule has 0 aliphatic heterocycles. The molecule has 2 rings (SSSR count). The number of aromatic nitrogens is 1. The lowest BCUT2D eigenvalue weighted by atomic mass is 10.2. The molecule has 0 fully saturated rings. The summed E-state index contributed by atoms with van der Waals surface area (Å²) in [6.07, 6.45) is 1.53. The minimum Gasteiger partial charge on any atom is -0.489 e. The first kappa shape index (κ1) is 12.6. The van der Waals surface area contributed by atoms with Gasteiger partial charge >= 0.3 is 5.97 Å². The van der Waals surface area contributed by atoms with Crippen molar-refractivity contribution in [1.29, 1.82) is 5.26 Å². The largest absolute Gasteiger partial charge is 0.489 e. The summed E-state index contributed by atoms with van der Waals surface area (Å²) in [5, 5.41) is 17.6. The molecule has 5 nitrogen and oxygen atoms in total. The van der Waals surface area contributed by atoms with Crippen LogP contribution in [-0.4, -0.2) is 16.1 Å². The number of aromatic carboxylic acids is 1. The lowest BCUT2D eigenvalue weighted by Gasteiger charge is -2.06. The van der Waals surface area contributed by atoms with E-state index in [9.17, 15) is 4.79 Å². The van der Waals surface area contributed by atoms with Crippen molar-refractivity contribution in [3.05, 3.63) is 59.4 Å². The maximum Gasteiger partial charge on any atom is 0.335 e. The number of nitrogens with zero attached hydrogens (tertiary/aromatic N) is 2. The molecule has 0 bridgehead atoms. The number of carboxylic acids is 1. The fraction of sp³-hybridized carbons (Fsp3) is 0.0714. The van der Waals surface area contributed by atoms with Crippen LogP contribution in [0.15, 0.2) is 42.6 Å². The molecular formula is C14H10N2O3. The number of ether oxygens (including phenoxy) is 1. The fourth-order valence-electron chi connectivity index (χ4n) is 1.51. The van der Waals surface area contributed by atoms with E-state index < -0.39 is 5.97 Å². The van der Waals surface area contributed by atoms with Crippen molar-refractivity contribution in [3.63, 3.8) is 0 Å². The topological polar surface area (TPSA) is 83.2 Å². The molecule has 0 saturated carbocycles. The molecule has 5 heteroatoms. The predicted octanol–water partition coefficient (Wildman–Crippen LogP) is 2.23. The van der Waals surface area contributed by atoms with Gasteiger partial charge in [0.25, 0.3) is 0 Å². The van der Waals surface area contributed by atoms with Crippen molar-refractivity contribution in [2.75, 3.05) is 0 Å². The molecular weight excluding hydrogens is 244 g/mol. The van der Waals surface area contributed by atoms with Crippen LogP contribution < -0.4 is 4.74 Å². The van der Waals surface area contributed by atoms with Crippen molar-refractivity contribution in [1.82, 2.24) is 4.98 Å². The Morgan fingerprint density at radius 3 is 2.95 bits per heavy atom. The van der Waals surface area contributed by atoms with E-state index in [1.807, 2.05) is 6.07 Å². The summed E-state index contributed by atoms with van der Waals surface area (Å²) in [5.41, 5.74) is 1.29. The average molecular weight is 254 g/mol. The van der Waals surface area contributed by atoms with Crippen LogP contribution in [0.3, 0.4) is 0 Å². The second-order valence-electron chi connectivity index (χ2n) is 3.78. The number of hydrogen-bond acceptors (Lipinski definition) is 4. The Morgan fingerprint density at radius 1 is 1.37 bits per heavy atom. The fourth-order valence-corrected chi connectivity index (χ4v) is 1.51. The molecule has 0 atom stereocenters. The van der Waals surface area contributed by atoms with E-state index in [1.54, 1.807) is 24.3 Å². The minimum absolute atomic E-state index is 0.171. The summed E-state index contributed by atoms with van der Waals surface area (Å²) in [5.74, 6) is -0.531. The highest BCUT2D eigenvalue weighted by Crippen LogP contribution is 2.15. The van der Waals surface area contributed by atoms with Gasteiger partial charge in [-0.15, -0.1) is 0 Å². The number of benzene rings is 1. The van der Waals surface area contributed by atoms with Crippen LogP contribution in [0, 0.1) is 11.3 Å². The van der Waals surface area contributed by atoms with Gasteiger partial charge in [-0.25, -0.2) is 9.78 Å². The normalized spacial score (nSPS) is 9.63. The van der Waals surface area contributed by atoms with E-state index in [2.05, 4.69) is 4.98 Å². The monoisotopic (exact) mass is 254 g/mol. The van der Waals surface area contributed by atoms with Gasteiger partial charge in [-0.05, 0) is 35.9 Å². The SMILES string of the molecule is N#Cc1cc(COc2cccc(C(=O)O)c2)ccn1. The number of carboxylic acid groups (broad SMARTS) is 1. The lowest BCUT2D eigenvalue weighted by molar-refractivity contribution is 0.0696. The van der Waals surface area contributed by atoms with Crippen molar-refractivity contribution >= 4 is 5.97 Å². The highest BCUT2D eigenvalue weighted by atomic mass is 16.5. The second-order valence-corrected chi connectivity index (χ2v) is 3.78. The Hall–Kier alpha value is -2.87. The third kappa shape index (κ3) is 3.30. The molecule has 0 radical (unpaired) electrons. The standard InChI is InChI=1S/C14H10N2O3/c15-8-12-6-10(4-5-16-12)9-19-13-3-1-2-11(7-13)14(17)18/h1-7H,9H2,(H,17,18). The van der Waals surface area contributed by atoms with Crippen LogP contribution in [0.5, 0.6) is 5.75 Å². The molecule has 1 heterocycles. The van der Waals surface area contributed by atoms with E-state index in [-0.39, 0.29) is 12.2 Å². The van der Waals surface area contributed by atoms with Crippen molar-refractivity contribution in [2.24, 2.45) is 0 Å². The second kappa shape index (κ2) is 5.65. The molecule has 0 aliphatic rings. The molecule has 19 heavy (non-hydrogen) atoms. The molecule has 1 aromatic heterocycles. The Labute approximate surface area is 109 Å². The number of rotatable bonds is 4. The Balaban J connectivity index is 2.08. The van der Waals surface area contributed by atoms with E-state index >= 15 is 0 Å². The zero-order valence-electron chi connectivity index (χ0n) is 9.91. The van der Waals surface area contributed by atoms with E-state index in [1.165, 1.54) is 18.3 Å².